The van der Waals surface area contributed by atoms with E-state index in [1.165, 1.54) is 0 Å². The van der Waals surface area contributed by atoms with Gasteiger partial charge in [0.2, 0.25) is 17.7 Å². The number of nitrogens with zero attached hydrogens (tertiary/aromatic N) is 6. The Hall–Kier alpha value is -4.56. The summed E-state index contributed by atoms with van der Waals surface area (Å²) in [5.74, 6) is 1.15. The minimum atomic E-state index is -0.944. The van der Waals surface area contributed by atoms with Crippen LogP contribution in [0.5, 0.6) is 0 Å². The maximum absolute atomic E-state index is 13.4. The van der Waals surface area contributed by atoms with E-state index in [1.54, 1.807) is 42.9 Å². The fraction of sp³-hybridized carbons (Fsp3) is 0.500. The lowest BCUT2D eigenvalue weighted by atomic mass is 9.68. The van der Waals surface area contributed by atoms with Gasteiger partial charge in [0.05, 0.1) is 12.6 Å². The molecule has 11 nitrogen and oxygen atoms in total. The van der Waals surface area contributed by atoms with Gasteiger partial charge in [-0.05, 0) is 91.5 Å². The molecule has 6 rings (SSSR count). The van der Waals surface area contributed by atoms with Gasteiger partial charge in [0.25, 0.3) is 11.8 Å². The third-order valence-corrected chi connectivity index (χ3v) is 9.99. The standard InChI is InChI=1S/C36H43N7O4/c1-7-31-39-40-35(47-31)36(18-21(2)38-20-32(44)43-27(19-37)16-26-17-30(26)43)28-12-10-24(33(45)41(3)4)14-22(28)8-9-23-15-25(11-13-29(23)36)34(46)42(5)6/h10-15,21,26-27,30,38H,7-9,16-18,20H2,1-6H3/t21-,26+,27?,30-/m0/s1. The fourth-order valence-corrected chi connectivity index (χ4v) is 7.55. The second-order valence-corrected chi connectivity index (χ2v) is 13.6. The van der Waals surface area contributed by atoms with Crippen molar-refractivity contribution in [1.82, 2.24) is 30.2 Å². The summed E-state index contributed by atoms with van der Waals surface area (Å²) in [6, 6.07) is 13.6. The zero-order valence-corrected chi connectivity index (χ0v) is 28.0. The number of carbonyl (C=O) groups excluding carboxylic acids is 3. The summed E-state index contributed by atoms with van der Waals surface area (Å²) in [5, 5.41) is 22.1. The summed E-state index contributed by atoms with van der Waals surface area (Å²) >= 11 is 0. The third kappa shape index (κ3) is 5.80. The molecule has 246 valence electrons. The van der Waals surface area contributed by atoms with Crippen molar-refractivity contribution in [3.8, 4) is 6.07 Å². The van der Waals surface area contributed by atoms with Gasteiger partial charge in [-0.1, -0.05) is 19.1 Å². The highest BCUT2D eigenvalue weighted by Crippen LogP contribution is 2.49. The van der Waals surface area contributed by atoms with Crippen LogP contribution in [0.25, 0.3) is 0 Å². The maximum atomic E-state index is 13.4. The zero-order chi connectivity index (χ0) is 33.6. The molecule has 0 bridgehead atoms. The average Bonchev–Trinajstić information content (AvgIpc) is 3.50. The number of hydrogen-bond acceptors (Lipinski definition) is 8. The molecular weight excluding hydrogens is 594 g/mol. The van der Waals surface area contributed by atoms with E-state index in [0.29, 0.717) is 54.5 Å². The van der Waals surface area contributed by atoms with Gasteiger partial charge in [0.15, 0.2) is 0 Å². The number of nitriles is 1. The molecule has 1 saturated carbocycles. The summed E-state index contributed by atoms with van der Waals surface area (Å²) in [4.78, 5) is 44.5. The Morgan fingerprint density at radius 3 is 2.11 bits per heavy atom. The maximum Gasteiger partial charge on any atom is 0.253 e. The molecule has 1 saturated heterocycles. The number of piperidine rings is 1. The van der Waals surface area contributed by atoms with Gasteiger partial charge in [-0.2, -0.15) is 5.26 Å². The van der Waals surface area contributed by atoms with E-state index < -0.39 is 5.41 Å². The summed E-state index contributed by atoms with van der Waals surface area (Å²) in [6.07, 6.45) is 4.04. The highest BCUT2D eigenvalue weighted by atomic mass is 16.4. The molecule has 2 aromatic carbocycles. The van der Waals surface area contributed by atoms with Crippen LogP contribution in [-0.2, 0) is 29.5 Å². The van der Waals surface area contributed by atoms with Crippen molar-refractivity contribution < 1.29 is 18.8 Å². The van der Waals surface area contributed by atoms with Gasteiger partial charge in [-0.3, -0.25) is 14.4 Å². The predicted molar refractivity (Wildman–Crippen MR) is 175 cm³/mol. The summed E-state index contributed by atoms with van der Waals surface area (Å²) < 4.78 is 6.42. The molecule has 0 spiro atoms. The van der Waals surface area contributed by atoms with Crippen LogP contribution in [0.3, 0.4) is 0 Å². The number of aromatic nitrogens is 2. The topological polar surface area (TPSA) is 136 Å². The first-order valence-electron chi connectivity index (χ1n) is 16.5. The molecule has 0 radical (unpaired) electrons. The Morgan fingerprint density at radius 1 is 1.00 bits per heavy atom. The second-order valence-electron chi connectivity index (χ2n) is 13.6. The van der Waals surface area contributed by atoms with E-state index in [2.05, 4.69) is 21.6 Å². The number of likely N-dealkylation sites (tertiary alicyclic amines) is 1. The summed E-state index contributed by atoms with van der Waals surface area (Å²) in [6.45, 7) is 4.11. The van der Waals surface area contributed by atoms with Crippen LogP contribution in [-0.4, -0.2) is 95.5 Å². The van der Waals surface area contributed by atoms with Crippen molar-refractivity contribution in [2.75, 3.05) is 34.7 Å². The molecule has 1 N–H and O–H groups in total. The van der Waals surface area contributed by atoms with Gasteiger partial charge < -0.3 is 24.4 Å². The quantitative estimate of drug-likeness (QED) is 0.378. The lowest BCUT2D eigenvalue weighted by molar-refractivity contribution is -0.131. The van der Waals surface area contributed by atoms with E-state index in [-0.39, 0.29) is 42.4 Å². The largest absolute Gasteiger partial charge is 0.424 e. The SMILES string of the molecule is CCc1nnc(C2(C[C@H](C)NCC(=O)N3C(C#N)C[C@@H]4C[C@@H]43)c3ccc(C(=O)N(C)C)cc3CCc3cc(C(=O)N(C)C)ccc32)o1. The Kier molecular flexibility index (Phi) is 8.66. The van der Waals surface area contributed by atoms with E-state index in [0.717, 1.165) is 35.1 Å². The number of nitrogens with one attached hydrogen (secondary N) is 1. The molecule has 47 heavy (non-hydrogen) atoms. The van der Waals surface area contributed by atoms with Crippen LogP contribution in [0.1, 0.15) is 87.9 Å². The van der Waals surface area contributed by atoms with Crippen LogP contribution < -0.4 is 5.32 Å². The van der Waals surface area contributed by atoms with Crippen molar-refractivity contribution >= 4 is 17.7 Å². The molecule has 2 aliphatic carbocycles. The van der Waals surface area contributed by atoms with E-state index in [9.17, 15) is 19.6 Å². The van der Waals surface area contributed by atoms with Gasteiger partial charge in [-0.15, -0.1) is 10.2 Å². The van der Waals surface area contributed by atoms with Gasteiger partial charge >= 0.3 is 0 Å². The molecule has 2 heterocycles. The van der Waals surface area contributed by atoms with E-state index in [4.69, 9.17) is 4.42 Å². The van der Waals surface area contributed by atoms with Crippen LogP contribution in [0.4, 0.5) is 0 Å². The number of amides is 3. The van der Waals surface area contributed by atoms with Crippen LogP contribution in [0.15, 0.2) is 40.8 Å². The molecule has 2 fully saturated rings. The smallest absolute Gasteiger partial charge is 0.253 e. The monoisotopic (exact) mass is 637 g/mol. The number of fused-ring (bicyclic) bond motifs is 3. The predicted octanol–water partition coefficient (Wildman–Crippen LogP) is 3.35. The summed E-state index contributed by atoms with van der Waals surface area (Å²) in [5.41, 5.74) is 4.12. The average molecular weight is 638 g/mol. The molecule has 3 amide bonds. The molecule has 3 aromatic rings. The molecule has 1 unspecified atom stereocenters. The zero-order valence-electron chi connectivity index (χ0n) is 28.0. The van der Waals surface area contributed by atoms with Gasteiger partial charge in [0, 0.05) is 57.8 Å². The van der Waals surface area contributed by atoms with Gasteiger partial charge in [-0.25, -0.2) is 0 Å². The number of hydrogen-bond donors (Lipinski definition) is 1. The van der Waals surface area contributed by atoms with Gasteiger partial charge in [0.1, 0.15) is 11.5 Å². The van der Waals surface area contributed by atoms with Crippen molar-refractivity contribution in [3.63, 3.8) is 0 Å². The molecule has 11 heteroatoms. The van der Waals surface area contributed by atoms with Crippen molar-refractivity contribution in [2.24, 2.45) is 5.92 Å². The number of carbonyl (C=O) groups is 3. The Labute approximate surface area is 275 Å². The Morgan fingerprint density at radius 2 is 1.60 bits per heavy atom. The minimum absolute atomic E-state index is 0.0612. The second kappa shape index (κ2) is 12.6. The Balaban J connectivity index is 1.45. The molecule has 1 aliphatic heterocycles. The lowest BCUT2D eigenvalue weighted by Crippen LogP contribution is -2.46. The first kappa shape index (κ1) is 32.4. The molecule has 1 aromatic heterocycles. The van der Waals surface area contributed by atoms with E-state index >= 15 is 0 Å². The van der Waals surface area contributed by atoms with Crippen LogP contribution in [0.2, 0.25) is 0 Å². The van der Waals surface area contributed by atoms with E-state index in [1.807, 2.05) is 50.2 Å². The summed E-state index contributed by atoms with van der Waals surface area (Å²) in [7, 11) is 6.95. The lowest BCUT2D eigenvalue weighted by Gasteiger charge is -2.36. The van der Waals surface area contributed by atoms with Crippen LogP contribution in [0, 0.1) is 17.2 Å². The van der Waals surface area contributed by atoms with Crippen LogP contribution >= 0.6 is 0 Å². The number of rotatable bonds is 9. The fourth-order valence-electron chi connectivity index (χ4n) is 7.55. The normalized spacial score (nSPS) is 21.0. The minimum Gasteiger partial charge on any atom is -0.424 e. The van der Waals surface area contributed by atoms with Crippen molar-refractivity contribution in [3.05, 3.63) is 81.6 Å². The highest BCUT2D eigenvalue weighted by Gasteiger charge is 2.54. The highest BCUT2D eigenvalue weighted by molar-refractivity contribution is 5.95. The third-order valence-electron chi connectivity index (χ3n) is 9.99. The number of aryl methyl sites for hydroxylation is 3. The first-order valence-corrected chi connectivity index (χ1v) is 16.5. The number of benzene rings is 2. The molecule has 3 aliphatic rings. The Bertz CT molecular complexity index is 1680. The van der Waals surface area contributed by atoms with Crippen molar-refractivity contribution in [1.29, 1.82) is 5.26 Å². The van der Waals surface area contributed by atoms with Crippen molar-refractivity contribution in [2.45, 2.75) is 75.9 Å². The molecule has 4 atom stereocenters. The first-order chi connectivity index (χ1) is 22.5. The molecular formula is C36H43N7O4.